The molecule has 0 heterocycles. The third kappa shape index (κ3) is 27.2. The van der Waals surface area contributed by atoms with E-state index in [0.29, 0.717) is 6.54 Å². The van der Waals surface area contributed by atoms with E-state index in [1.165, 1.54) is 64.2 Å². The van der Waals surface area contributed by atoms with Crippen molar-refractivity contribution in [2.75, 3.05) is 46.0 Å². The number of carbonyl (C=O) groups is 3. The first kappa shape index (κ1) is 46.3. The van der Waals surface area contributed by atoms with E-state index in [-0.39, 0.29) is 69.1 Å². The van der Waals surface area contributed by atoms with Crippen molar-refractivity contribution in [3.8, 4) is 0 Å². The van der Waals surface area contributed by atoms with E-state index in [2.05, 4.69) is 33.0 Å². The van der Waals surface area contributed by atoms with Gasteiger partial charge in [0.15, 0.2) is 0 Å². The van der Waals surface area contributed by atoms with Crippen LogP contribution in [0.5, 0.6) is 0 Å². The van der Waals surface area contributed by atoms with Crippen molar-refractivity contribution in [3.05, 3.63) is 0 Å². The van der Waals surface area contributed by atoms with E-state index >= 15 is 0 Å². The predicted molar refractivity (Wildman–Crippen MR) is 199 cm³/mol. The van der Waals surface area contributed by atoms with E-state index in [0.717, 1.165) is 89.9 Å². The molecule has 0 spiro atoms. The van der Waals surface area contributed by atoms with E-state index in [9.17, 15) is 14.4 Å². The van der Waals surface area contributed by atoms with Crippen LogP contribution in [0.1, 0.15) is 182 Å². The molecule has 0 aromatic carbocycles. The number of nitrogens with one attached hydrogen (secondary N) is 1. The van der Waals surface area contributed by atoms with Crippen LogP contribution in [0.4, 0.5) is 0 Å². The maximum absolute atomic E-state index is 13.2. The number of hydrogen-bond acceptors (Lipinski definition) is 7. The Kier molecular flexibility index (Phi) is 33.9. The van der Waals surface area contributed by atoms with Gasteiger partial charge in [-0.15, -0.1) is 0 Å². The highest BCUT2D eigenvalue weighted by molar-refractivity contribution is 5.78. The molecule has 0 aromatic rings. The fraction of sp³-hybridized carbons (Fsp3) is 0.925. The first-order chi connectivity index (χ1) is 23.4. The van der Waals surface area contributed by atoms with Gasteiger partial charge in [-0.05, 0) is 25.7 Å². The zero-order valence-electron chi connectivity index (χ0n) is 32.0. The molecule has 284 valence electrons. The first-order valence-electron chi connectivity index (χ1n) is 20.4. The number of ether oxygens (including phenoxy) is 2. The molecule has 0 aliphatic rings. The summed E-state index contributed by atoms with van der Waals surface area (Å²) >= 11 is 0. The molecule has 0 aliphatic heterocycles. The molecule has 0 saturated carbocycles. The van der Waals surface area contributed by atoms with Crippen LogP contribution < -0.4 is 5.32 Å². The third-order valence-electron chi connectivity index (χ3n) is 9.42. The summed E-state index contributed by atoms with van der Waals surface area (Å²) in [4.78, 5) is 41.0. The average molecular weight is 683 g/mol. The molecule has 0 bridgehead atoms. The van der Waals surface area contributed by atoms with Gasteiger partial charge < -0.3 is 24.8 Å². The van der Waals surface area contributed by atoms with Crippen LogP contribution in [-0.2, 0) is 23.9 Å². The summed E-state index contributed by atoms with van der Waals surface area (Å²) in [6.45, 7) is 9.91. The van der Waals surface area contributed by atoms with Gasteiger partial charge in [-0.1, -0.05) is 156 Å². The zero-order chi connectivity index (χ0) is 35.5. The Morgan fingerprint density at radius 3 is 1.23 bits per heavy atom. The first-order valence-corrected chi connectivity index (χ1v) is 20.4. The molecule has 2 N–H and O–H groups in total. The molecule has 8 nitrogen and oxygen atoms in total. The molecule has 0 aromatic heterocycles. The van der Waals surface area contributed by atoms with Gasteiger partial charge in [0, 0.05) is 6.54 Å². The minimum atomic E-state index is -0.165. The Hall–Kier alpha value is -1.67. The van der Waals surface area contributed by atoms with E-state index < -0.39 is 0 Å². The monoisotopic (exact) mass is 683 g/mol. The van der Waals surface area contributed by atoms with E-state index in [1.54, 1.807) is 4.90 Å². The lowest BCUT2D eigenvalue weighted by Gasteiger charge is -2.24. The Bertz CT molecular complexity index is 699. The molecule has 0 saturated heterocycles. The normalized spacial score (nSPS) is 12.5. The number of nitrogens with zero attached hydrogens (tertiary/aromatic N) is 1. The summed E-state index contributed by atoms with van der Waals surface area (Å²) in [6.07, 6.45) is 26.8. The molecule has 0 radical (unpaired) electrons. The Morgan fingerprint density at radius 2 is 0.875 bits per heavy atom. The lowest BCUT2D eigenvalue weighted by molar-refractivity contribution is -0.152. The van der Waals surface area contributed by atoms with Gasteiger partial charge in [0.2, 0.25) is 5.91 Å². The Labute approximate surface area is 296 Å². The van der Waals surface area contributed by atoms with Crippen LogP contribution >= 0.6 is 0 Å². The number of carbonyl (C=O) groups excluding carboxylic acids is 3. The van der Waals surface area contributed by atoms with Gasteiger partial charge in [-0.25, -0.2) is 0 Å². The molecule has 8 heteroatoms. The number of esters is 2. The second kappa shape index (κ2) is 35.2. The summed E-state index contributed by atoms with van der Waals surface area (Å²) in [5.41, 5.74) is 0. The van der Waals surface area contributed by atoms with Crippen LogP contribution in [0.15, 0.2) is 0 Å². The van der Waals surface area contributed by atoms with Gasteiger partial charge >= 0.3 is 11.9 Å². The summed E-state index contributed by atoms with van der Waals surface area (Å²) in [7, 11) is 0. The molecule has 2 unspecified atom stereocenters. The minimum absolute atomic E-state index is 0.0565. The number of amides is 1. The highest BCUT2D eigenvalue weighted by Crippen LogP contribution is 2.22. The summed E-state index contributed by atoms with van der Waals surface area (Å²) in [5.74, 6) is -0.659. The third-order valence-corrected chi connectivity index (χ3v) is 9.42. The standard InChI is InChI=1S/C40H78N2O6/c1-5-9-13-17-19-23-27-36(25-21-15-11-7-3)39(45)47-33-30-42(38(44)35-41-29-32-43)31-34-48-40(46)37(26-22-16-12-8-4)28-24-20-18-14-10-6-2/h36-37,41,43H,5-35H2,1-4H3. The topological polar surface area (TPSA) is 105 Å². The second-order valence-corrected chi connectivity index (χ2v) is 13.8. The Morgan fingerprint density at radius 1 is 0.542 bits per heavy atom. The van der Waals surface area contributed by atoms with Gasteiger partial charge in [-0.3, -0.25) is 14.4 Å². The van der Waals surface area contributed by atoms with E-state index in [1.807, 2.05) is 0 Å². The van der Waals surface area contributed by atoms with Crippen molar-refractivity contribution in [1.29, 1.82) is 0 Å². The molecular weight excluding hydrogens is 604 g/mol. The lowest BCUT2D eigenvalue weighted by atomic mass is 9.94. The van der Waals surface area contributed by atoms with Gasteiger partial charge in [-0.2, -0.15) is 0 Å². The van der Waals surface area contributed by atoms with Crippen molar-refractivity contribution >= 4 is 17.8 Å². The fourth-order valence-electron chi connectivity index (χ4n) is 6.23. The lowest BCUT2D eigenvalue weighted by Crippen LogP contribution is -2.43. The summed E-state index contributed by atoms with van der Waals surface area (Å²) in [6, 6.07) is 0. The Balaban J connectivity index is 5.08. The second-order valence-electron chi connectivity index (χ2n) is 13.8. The smallest absolute Gasteiger partial charge is 0.308 e. The van der Waals surface area contributed by atoms with Crippen molar-refractivity contribution in [1.82, 2.24) is 10.2 Å². The summed E-state index contributed by atoms with van der Waals surface area (Å²) in [5, 5.41) is 12.1. The van der Waals surface area contributed by atoms with E-state index in [4.69, 9.17) is 14.6 Å². The molecule has 0 rings (SSSR count). The number of aliphatic hydroxyl groups excluding tert-OH is 1. The maximum Gasteiger partial charge on any atom is 0.308 e. The van der Waals surface area contributed by atoms with Gasteiger partial charge in [0.05, 0.1) is 38.1 Å². The minimum Gasteiger partial charge on any atom is -0.464 e. The van der Waals surface area contributed by atoms with Crippen LogP contribution in [0.2, 0.25) is 0 Å². The molecule has 0 fully saturated rings. The van der Waals surface area contributed by atoms with Crippen molar-refractivity contribution in [2.24, 2.45) is 11.8 Å². The van der Waals surface area contributed by atoms with Crippen molar-refractivity contribution in [3.63, 3.8) is 0 Å². The predicted octanol–water partition coefficient (Wildman–Crippen LogP) is 9.16. The number of aliphatic hydroxyl groups is 1. The number of hydrogen-bond donors (Lipinski definition) is 2. The molecule has 48 heavy (non-hydrogen) atoms. The highest BCUT2D eigenvalue weighted by Gasteiger charge is 2.22. The largest absolute Gasteiger partial charge is 0.464 e. The maximum atomic E-state index is 13.2. The molecular formula is C40H78N2O6. The van der Waals surface area contributed by atoms with Crippen molar-refractivity contribution < 1.29 is 29.0 Å². The average Bonchev–Trinajstić information content (AvgIpc) is 3.08. The zero-order valence-corrected chi connectivity index (χ0v) is 32.0. The van der Waals surface area contributed by atoms with Crippen LogP contribution in [0.3, 0.4) is 0 Å². The molecule has 2 atom stereocenters. The van der Waals surface area contributed by atoms with Crippen LogP contribution in [0, 0.1) is 11.8 Å². The SMILES string of the molecule is CCCCCCCCC(CCCCCC)C(=O)OCCN(CCOC(=O)C(CCCCCC)CCCCCCCC)C(=O)CNCCO. The summed E-state index contributed by atoms with van der Waals surface area (Å²) < 4.78 is 11.5. The van der Waals surface area contributed by atoms with Crippen LogP contribution in [-0.4, -0.2) is 73.9 Å². The molecule has 1 amide bonds. The van der Waals surface area contributed by atoms with Crippen LogP contribution in [0.25, 0.3) is 0 Å². The van der Waals surface area contributed by atoms with Crippen molar-refractivity contribution in [2.45, 2.75) is 182 Å². The molecule has 0 aliphatic carbocycles. The highest BCUT2D eigenvalue weighted by atomic mass is 16.5. The number of unbranched alkanes of at least 4 members (excludes halogenated alkanes) is 16. The van der Waals surface area contributed by atoms with Gasteiger partial charge in [0.1, 0.15) is 13.2 Å². The van der Waals surface area contributed by atoms with Gasteiger partial charge in [0.25, 0.3) is 0 Å². The fourth-order valence-corrected chi connectivity index (χ4v) is 6.23. The number of rotatable bonds is 36. The quantitative estimate of drug-likeness (QED) is 0.0502.